The molecule has 1 aliphatic heterocycles. The van der Waals surface area contributed by atoms with Crippen molar-refractivity contribution in [1.82, 2.24) is 39.4 Å². The number of aromatic nitrogens is 7. The first-order valence-electron chi connectivity index (χ1n) is 17.2. The Labute approximate surface area is 293 Å². The SMILES string of the molecule is COCC(C)COc1nn(C2CCC(N3C[C@@H](C)O[C@@H](C)C3)CC2)cc1Nc1ncc(-c2ccc(Cl)c(OC(C)Cn3cncn3)c2)cn1. The van der Waals surface area contributed by atoms with Crippen LogP contribution >= 0.6 is 11.6 Å². The molecule has 264 valence electrons. The van der Waals surface area contributed by atoms with E-state index in [1.54, 1.807) is 30.5 Å². The molecule has 3 aromatic heterocycles. The van der Waals surface area contributed by atoms with E-state index >= 15 is 0 Å². The Hall–Kier alpha value is -3.78. The fourth-order valence-corrected chi connectivity index (χ4v) is 6.95. The zero-order chi connectivity index (χ0) is 34.3. The van der Waals surface area contributed by atoms with Gasteiger partial charge in [-0.2, -0.15) is 5.10 Å². The highest BCUT2D eigenvalue weighted by Gasteiger charge is 2.32. The normalized spacial score (nSPS) is 22.8. The smallest absolute Gasteiger partial charge is 0.256 e. The fraction of sp³-hybridized carbons (Fsp3) is 0.571. The molecule has 6 rings (SSSR count). The zero-order valence-corrected chi connectivity index (χ0v) is 29.8. The number of methoxy groups -OCH3 is 1. The average Bonchev–Trinajstić information content (AvgIpc) is 3.75. The van der Waals surface area contributed by atoms with Gasteiger partial charge in [-0.15, -0.1) is 5.10 Å². The second kappa shape index (κ2) is 16.3. The average molecular weight is 694 g/mol. The molecule has 1 saturated carbocycles. The van der Waals surface area contributed by atoms with Crippen LogP contribution < -0.4 is 14.8 Å². The summed E-state index contributed by atoms with van der Waals surface area (Å²) in [6, 6.07) is 6.53. The number of morpholine rings is 1. The van der Waals surface area contributed by atoms with Gasteiger partial charge in [0.05, 0.1) is 49.2 Å². The predicted octanol–water partition coefficient (Wildman–Crippen LogP) is 6.05. The molecular formula is C35H48ClN9O4. The molecule has 0 spiro atoms. The summed E-state index contributed by atoms with van der Waals surface area (Å²) in [4.78, 5) is 15.9. The molecular weight excluding hydrogens is 646 g/mol. The molecule has 1 aromatic carbocycles. The maximum Gasteiger partial charge on any atom is 0.256 e. The minimum atomic E-state index is -0.167. The molecule has 2 aliphatic rings. The third-order valence-corrected chi connectivity index (χ3v) is 9.37. The van der Waals surface area contributed by atoms with Gasteiger partial charge in [-0.05, 0) is 64.2 Å². The van der Waals surface area contributed by atoms with Crippen LogP contribution in [0.15, 0.2) is 49.4 Å². The highest BCUT2D eigenvalue weighted by molar-refractivity contribution is 6.32. The fourth-order valence-electron chi connectivity index (χ4n) is 6.79. The molecule has 0 bridgehead atoms. The number of anilines is 2. The van der Waals surface area contributed by atoms with E-state index in [9.17, 15) is 0 Å². The minimum absolute atomic E-state index is 0.167. The number of nitrogens with one attached hydrogen (secondary N) is 1. The van der Waals surface area contributed by atoms with Gasteiger partial charge in [0.2, 0.25) is 5.95 Å². The molecule has 0 radical (unpaired) electrons. The van der Waals surface area contributed by atoms with Crippen LogP contribution in [0.3, 0.4) is 0 Å². The number of hydrogen-bond donors (Lipinski definition) is 1. The highest BCUT2D eigenvalue weighted by Crippen LogP contribution is 2.36. The van der Waals surface area contributed by atoms with Gasteiger partial charge in [0.25, 0.3) is 5.88 Å². The second-order valence-corrected chi connectivity index (χ2v) is 13.9. The number of nitrogens with zero attached hydrogens (tertiary/aromatic N) is 8. The van der Waals surface area contributed by atoms with E-state index in [0.717, 1.165) is 55.6 Å². The third kappa shape index (κ3) is 9.27. The van der Waals surface area contributed by atoms with Crippen molar-refractivity contribution in [3.05, 3.63) is 54.5 Å². The first-order chi connectivity index (χ1) is 23.7. The van der Waals surface area contributed by atoms with Crippen molar-refractivity contribution >= 4 is 23.2 Å². The van der Waals surface area contributed by atoms with Gasteiger partial charge in [-0.3, -0.25) is 9.58 Å². The largest absolute Gasteiger partial charge is 0.487 e. The molecule has 4 aromatic rings. The Bertz CT molecular complexity index is 1600. The summed E-state index contributed by atoms with van der Waals surface area (Å²) in [5.41, 5.74) is 2.45. The standard InChI is InChI=1S/C35H48ClN9O4/c1-23(19-46-5)20-47-34-32(18-45(42-34)30-9-7-29(8-10-30)43-15-24(2)48-25(3)16-43)41-35-38-13-28(14-39-35)27-6-11-31(36)33(12-27)49-26(4)17-44-22-37-21-40-44/h6,11-14,18,21-26,29-30H,7-10,15-17,19-20H2,1-5H3,(H,38,39,41)/t23?,24-,25+,26?,29?,30?. The quantitative estimate of drug-likeness (QED) is 0.166. The lowest BCUT2D eigenvalue weighted by molar-refractivity contribution is -0.0852. The number of halogens is 1. The van der Waals surface area contributed by atoms with Crippen molar-refractivity contribution < 1.29 is 18.9 Å². The van der Waals surface area contributed by atoms with E-state index in [0.29, 0.717) is 54.4 Å². The Balaban J connectivity index is 1.13. The molecule has 13 nitrogen and oxygen atoms in total. The first-order valence-corrected chi connectivity index (χ1v) is 17.6. The lowest BCUT2D eigenvalue weighted by Crippen LogP contribution is -2.51. The monoisotopic (exact) mass is 693 g/mol. The van der Waals surface area contributed by atoms with Crippen LogP contribution in [0.4, 0.5) is 11.6 Å². The van der Waals surface area contributed by atoms with Crippen LogP contribution in [0.1, 0.15) is 59.4 Å². The zero-order valence-electron chi connectivity index (χ0n) is 29.0. The summed E-state index contributed by atoms with van der Waals surface area (Å²) < 4.78 is 27.4. The van der Waals surface area contributed by atoms with Crippen molar-refractivity contribution in [3.63, 3.8) is 0 Å². The molecule has 4 heterocycles. The first kappa shape index (κ1) is 35.1. The van der Waals surface area contributed by atoms with E-state index in [2.05, 4.69) is 55.7 Å². The Kier molecular flexibility index (Phi) is 11.7. The molecule has 1 saturated heterocycles. The number of benzene rings is 1. The number of hydrogen-bond acceptors (Lipinski definition) is 11. The van der Waals surface area contributed by atoms with Crippen LogP contribution in [0.5, 0.6) is 11.6 Å². The van der Waals surface area contributed by atoms with E-state index in [4.69, 9.17) is 35.6 Å². The molecule has 1 aliphatic carbocycles. The second-order valence-electron chi connectivity index (χ2n) is 13.5. The maximum atomic E-state index is 6.48. The third-order valence-electron chi connectivity index (χ3n) is 9.06. The lowest BCUT2D eigenvalue weighted by Gasteiger charge is -2.42. The van der Waals surface area contributed by atoms with E-state index < -0.39 is 0 Å². The van der Waals surface area contributed by atoms with Crippen molar-refractivity contribution in [2.24, 2.45) is 5.92 Å². The summed E-state index contributed by atoms with van der Waals surface area (Å²) in [7, 11) is 1.70. The van der Waals surface area contributed by atoms with Crippen molar-refractivity contribution in [2.45, 2.75) is 90.3 Å². The number of ether oxygens (including phenoxy) is 4. The summed E-state index contributed by atoms with van der Waals surface area (Å²) in [5.74, 6) is 1.78. The molecule has 2 fully saturated rings. The van der Waals surface area contributed by atoms with Gasteiger partial charge in [0, 0.05) is 50.1 Å². The van der Waals surface area contributed by atoms with E-state index in [1.807, 2.05) is 31.3 Å². The summed E-state index contributed by atoms with van der Waals surface area (Å²) in [6.07, 6.45) is 13.5. The van der Waals surface area contributed by atoms with Gasteiger partial charge >= 0.3 is 0 Å². The summed E-state index contributed by atoms with van der Waals surface area (Å²) in [6.45, 7) is 12.0. The topological polar surface area (TPSA) is 127 Å². The van der Waals surface area contributed by atoms with Crippen LogP contribution in [-0.4, -0.2) is 97.2 Å². The predicted molar refractivity (Wildman–Crippen MR) is 188 cm³/mol. The molecule has 14 heteroatoms. The van der Waals surface area contributed by atoms with Gasteiger partial charge in [-0.1, -0.05) is 24.6 Å². The molecule has 0 amide bonds. The van der Waals surface area contributed by atoms with Crippen LogP contribution in [0.25, 0.3) is 11.1 Å². The molecule has 4 atom stereocenters. The Morgan fingerprint density at radius 1 is 1.00 bits per heavy atom. The Morgan fingerprint density at radius 2 is 1.73 bits per heavy atom. The molecule has 1 N–H and O–H groups in total. The highest BCUT2D eigenvalue weighted by atomic mass is 35.5. The van der Waals surface area contributed by atoms with Crippen molar-refractivity contribution in [2.75, 3.05) is 38.7 Å². The maximum absolute atomic E-state index is 6.48. The lowest BCUT2D eigenvalue weighted by atomic mass is 9.89. The summed E-state index contributed by atoms with van der Waals surface area (Å²) >= 11 is 6.48. The Morgan fingerprint density at radius 3 is 2.43 bits per heavy atom. The van der Waals surface area contributed by atoms with Gasteiger partial charge in [0.15, 0.2) is 0 Å². The van der Waals surface area contributed by atoms with Crippen LogP contribution in [0.2, 0.25) is 5.02 Å². The van der Waals surface area contributed by atoms with Gasteiger partial charge in [-0.25, -0.2) is 19.6 Å². The van der Waals surface area contributed by atoms with Crippen LogP contribution in [0, 0.1) is 5.92 Å². The molecule has 2 unspecified atom stereocenters. The van der Waals surface area contributed by atoms with Gasteiger partial charge < -0.3 is 24.3 Å². The van der Waals surface area contributed by atoms with E-state index in [1.165, 1.54) is 6.33 Å². The number of rotatable bonds is 14. The minimum Gasteiger partial charge on any atom is -0.487 e. The van der Waals surface area contributed by atoms with Crippen molar-refractivity contribution in [1.29, 1.82) is 0 Å². The van der Waals surface area contributed by atoms with Gasteiger partial charge in [0.1, 0.15) is 30.2 Å². The van der Waals surface area contributed by atoms with Crippen molar-refractivity contribution in [3.8, 4) is 22.8 Å². The van der Waals surface area contributed by atoms with Crippen LogP contribution in [-0.2, 0) is 16.0 Å². The molecule has 49 heavy (non-hydrogen) atoms. The van der Waals surface area contributed by atoms with E-state index in [-0.39, 0.29) is 24.2 Å². The summed E-state index contributed by atoms with van der Waals surface area (Å²) in [5, 5.41) is 13.0.